The number of benzene rings is 3. The molecule has 120 valence electrons. The van der Waals surface area contributed by atoms with Gasteiger partial charge in [0.1, 0.15) is 5.65 Å². The summed E-state index contributed by atoms with van der Waals surface area (Å²) in [6.45, 7) is 0. The van der Waals surface area contributed by atoms with Crippen LogP contribution in [0.4, 0.5) is 0 Å². The molecule has 0 spiro atoms. The molecule has 0 unspecified atom stereocenters. The molecule has 5 aromatic rings. The van der Waals surface area contributed by atoms with Gasteiger partial charge in [0.15, 0.2) is 0 Å². The number of aromatic nitrogens is 2. The summed E-state index contributed by atoms with van der Waals surface area (Å²) >= 11 is 3.46. The fourth-order valence-corrected chi connectivity index (χ4v) is 3.74. The SMILES string of the molecule is O=c1c2ccccc2n2c3ccccc3cc2n1-c1ccc(Br)cc1. The second-order valence-corrected chi connectivity index (χ2v) is 6.95. The number of rotatable bonds is 1. The number of hydrogen-bond donors (Lipinski definition) is 0. The quantitative estimate of drug-likeness (QED) is 0.389. The molecule has 0 amide bonds. The van der Waals surface area contributed by atoms with Crippen LogP contribution in [0.15, 0.2) is 88.1 Å². The minimum atomic E-state index is -0.00627. The van der Waals surface area contributed by atoms with E-state index in [1.54, 1.807) is 4.57 Å². The van der Waals surface area contributed by atoms with Gasteiger partial charge in [-0.3, -0.25) is 13.8 Å². The van der Waals surface area contributed by atoms with Gasteiger partial charge in [0.2, 0.25) is 0 Å². The first-order valence-electron chi connectivity index (χ1n) is 8.04. The third kappa shape index (κ3) is 2.07. The summed E-state index contributed by atoms with van der Waals surface area (Å²) in [4.78, 5) is 13.2. The van der Waals surface area contributed by atoms with Crippen molar-refractivity contribution >= 4 is 43.4 Å². The lowest BCUT2D eigenvalue weighted by Crippen LogP contribution is -2.21. The Kier molecular flexibility index (Phi) is 3.09. The first-order valence-corrected chi connectivity index (χ1v) is 8.83. The number of nitrogens with zero attached hydrogens (tertiary/aromatic N) is 2. The fourth-order valence-electron chi connectivity index (χ4n) is 3.47. The van der Waals surface area contributed by atoms with Gasteiger partial charge in [0.05, 0.1) is 22.1 Å². The van der Waals surface area contributed by atoms with Crippen LogP contribution in [0.5, 0.6) is 0 Å². The Hall–Kier alpha value is -2.85. The number of fused-ring (bicyclic) bond motifs is 5. The second-order valence-electron chi connectivity index (χ2n) is 6.03. The van der Waals surface area contributed by atoms with Gasteiger partial charge in [-0.15, -0.1) is 0 Å². The lowest BCUT2D eigenvalue weighted by Gasteiger charge is -2.12. The minimum absolute atomic E-state index is 0.00627. The van der Waals surface area contributed by atoms with Crippen molar-refractivity contribution in [3.05, 3.63) is 93.7 Å². The molecule has 0 aliphatic heterocycles. The van der Waals surface area contributed by atoms with Gasteiger partial charge in [-0.2, -0.15) is 0 Å². The van der Waals surface area contributed by atoms with Crippen LogP contribution in [0, 0.1) is 0 Å². The largest absolute Gasteiger partial charge is 0.295 e. The lowest BCUT2D eigenvalue weighted by atomic mass is 10.2. The molecule has 3 nitrogen and oxygen atoms in total. The van der Waals surface area contributed by atoms with Crippen LogP contribution >= 0.6 is 15.9 Å². The van der Waals surface area contributed by atoms with Crippen molar-refractivity contribution in [1.29, 1.82) is 0 Å². The van der Waals surface area contributed by atoms with E-state index in [-0.39, 0.29) is 5.56 Å². The summed E-state index contributed by atoms with van der Waals surface area (Å²) in [5.74, 6) is 0. The molecule has 0 saturated heterocycles. The fraction of sp³-hybridized carbons (Fsp3) is 0. The van der Waals surface area contributed by atoms with Crippen molar-refractivity contribution in [3.63, 3.8) is 0 Å². The van der Waals surface area contributed by atoms with Gasteiger partial charge >= 0.3 is 0 Å². The zero-order chi connectivity index (χ0) is 17.0. The van der Waals surface area contributed by atoms with Crippen LogP contribution in [0.25, 0.3) is 33.1 Å². The van der Waals surface area contributed by atoms with E-state index < -0.39 is 0 Å². The van der Waals surface area contributed by atoms with Crippen LogP contribution in [0.3, 0.4) is 0 Å². The lowest BCUT2D eigenvalue weighted by molar-refractivity contribution is 1.01. The van der Waals surface area contributed by atoms with E-state index in [0.29, 0.717) is 5.39 Å². The van der Waals surface area contributed by atoms with Crippen LogP contribution < -0.4 is 5.56 Å². The van der Waals surface area contributed by atoms with Crippen LogP contribution in [0.1, 0.15) is 0 Å². The number of halogens is 1. The molecular weight excluding hydrogens is 376 g/mol. The third-order valence-corrected chi connectivity index (χ3v) is 5.11. The summed E-state index contributed by atoms with van der Waals surface area (Å²) in [6, 6.07) is 25.9. The predicted molar refractivity (Wildman–Crippen MR) is 106 cm³/mol. The van der Waals surface area contributed by atoms with E-state index in [4.69, 9.17) is 0 Å². The molecule has 0 saturated carbocycles. The summed E-state index contributed by atoms with van der Waals surface area (Å²) in [5, 5.41) is 1.82. The molecule has 0 atom stereocenters. The Morgan fingerprint density at radius 3 is 2.24 bits per heavy atom. The summed E-state index contributed by atoms with van der Waals surface area (Å²) in [5.41, 5.74) is 3.74. The Labute approximate surface area is 151 Å². The van der Waals surface area contributed by atoms with Gasteiger partial charge in [0, 0.05) is 9.86 Å². The molecule has 3 aromatic carbocycles. The maximum Gasteiger partial charge on any atom is 0.266 e. The maximum absolute atomic E-state index is 13.2. The van der Waals surface area contributed by atoms with Gasteiger partial charge in [-0.25, -0.2) is 0 Å². The van der Waals surface area contributed by atoms with Crippen molar-refractivity contribution < 1.29 is 0 Å². The molecule has 0 radical (unpaired) electrons. The smallest absolute Gasteiger partial charge is 0.266 e. The Bertz CT molecular complexity index is 1310. The molecule has 0 aliphatic rings. The normalized spacial score (nSPS) is 11.6. The number of hydrogen-bond acceptors (Lipinski definition) is 1. The van der Waals surface area contributed by atoms with E-state index >= 15 is 0 Å². The third-order valence-electron chi connectivity index (χ3n) is 4.58. The zero-order valence-electron chi connectivity index (χ0n) is 13.2. The zero-order valence-corrected chi connectivity index (χ0v) is 14.8. The van der Waals surface area contributed by atoms with Crippen molar-refractivity contribution in [2.24, 2.45) is 0 Å². The van der Waals surface area contributed by atoms with Crippen molar-refractivity contribution in [2.75, 3.05) is 0 Å². The molecule has 0 fully saturated rings. The average Bonchev–Trinajstić information content (AvgIpc) is 3.02. The predicted octanol–water partition coefficient (Wildman–Crippen LogP) is 5.16. The van der Waals surface area contributed by atoms with Crippen LogP contribution in [-0.2, 0) is 0 Å². The average molecular weight is 389 g/mol. The highest BCUT2D eigenvalue weighted by molar-refractivity contribution is 9.10. The topological polar surface area (TPSA) is 26.4 Å². The molecular formula is C21H13BrN2O. The van der Waals surface area contributed by atoms with Crippen molar-refractivity contribution in [1.82, 2.24) is 8.97 Å². The molecule has 2 aromatic heterocycles. The molecule has 0 N–H and O–H groups in total. The van der Waals surface area contributed by atoms with Gasteiger partial charge in [-0.05, 0) is 48.5 Å². The van der Waals surface area contributed by atoms with E-state index in [1.807, 2.05) is 60.7 Å². The molecule has 0 aliphatic carbocycles. The molecule has 2 heterocycles. The summed E-state index contributed by atoms with van der Waals surface area (Å²) in [6.07, 6.45) is 0. The van der Waals surface area contributed by atoms with E-state index in [9.17, 15) is 4.79 Å². The molecule has 5 rings (SSSR count). The Morgan fingerprint density at radius 2 is 1.44 bits per heavy atom. The standard InChI is InChI=1S/C21H13BrN2O/c22-15-9-11-16(12-10-15)23-20-13-14-5-1-3-7-18(14)24(20)19-8-4-2-6-17(19)21(23)25/h1-13H. The molecule has 4 heteroatoms. The first kappa shape index (κ1) is 14.5. The first-order chi connectivity index (χ1) is 12.2. The van der Waals surface area contributed by atoms with E-state index in [2.05, 4.69) is 38.5 Å². The van der Waals surface area contributed by atoms with Crippen LogP contribution in [-0.4, -0.2) is 8.97 Å². The summed E-state index contributed by atoms with van der Waals surface area (Å²) < 4.78 is 4.93. The monoisotopic (exact) mass is 388 g/mol. The van der Waals surface area contributed by atoms with E-state index in [0.717, 1.165) is 32.2 Å². The Morgan fingerprint density at radius 1 is 0.760 bits per heavy atom. The Balaban J connectivity index is 2.07. The highest BCUT2D eigenvalue weighted by Crippen LogP contribution is 2.26. The molecule has 25 heavy (non-hydrogen) atoms. The highest BCUT2D eigenvalue weighted by Gasteiger charge is 2.14. The van der Waals surface area contributed by atoms with Gasteiger partial charge < -0.3 is 0 Å². The summed E-state index contributed by atoms with van der Waals surface area (Å²) in [7, 11) is 0. The van der Waals surface area contributed by atoms with Crippen molar-refractivity contribution in [3.8, 4) is 5.69 Å². The van der Waals surface area contributed by atoms with Crippen LogP contribution in [0.2, 0.25) is 0 Å². The number of para-hydroxylation sites is 2. The molecule has 0 bridgehead atoms. The van der Waals surface area contributed by atoms with E-state index in [1.165, 1.54) is 0 Å². The van der Waals surface area contributed by atoms with Crippen molar-refractivity contribution in [2.45, 2.75) is 0 Å². The minimum Gasteiger partial charge on any atom is -0.295 e. The van der Waals surface area contributed by atoms with Gasteiger partial charge in [0.25, 0.3) is 5.56 Å². The maximum atomic E-state index is 13.2. The second kappa shape index (κ2) is 5.33. The van der Waals surface area contributed by atoms with Gasteiger partial charge in [-0.1, -0.05) is 46.3 Å². The highest BCUT2D eigenvalue weighted by atomic mass is 79.9.